The zero-order chi connectivity index (χ0) is 20.8. The number of esters is 4. The van der Waals surface area contributed by atoms with Crippen LogP contribution in [0.2, 0.25) is 0 Å². The quantitative estimate of drug-likeness (QED) is 0.532. The molecular formula is C18H19FO9. The molecule has 0 unspecified atom stereocenters. The normalized spacial score (nSPS) is 24.0. The van der Waals surface area contributed by atoms with Crippen LogP contribution in [0.5, 0.6) is 0 Å². The van der Waals surface area contributed by atoms with E-state index in [0.717, 1.165) is 26.8 Å². The molecule has 0 N–H and O–H groups in total. The average Bonchev–Trinajstić information content (AvgIpc) is 2.59. The first kappa shape index (κ1) is 21.3. The lowest BCUT2D eigenvalue weighted by Gasteiger charge is -2.39. The summed E-state index contributed by atoms with van der Waals surface area (Å²) in [4.78, 5) is 46.5. The Labute approximate surface area is 159 Å². The fourth-order valence-electron chi connectivity index (χ4n) is 2.61. The first-order valence-corrected chi connectivity index (χ1v) is 8.27. The molecule has 1 saturated heterocycles. The van der Waals surface area contributed by atoms with Crippen molar-refractivity contribution in [2.24, 2.45) is 0 Å². The van der Waals surface area contributed by atoms with E-state index in [1.165, 1.54) is 18.2 Å². The van der Waals surface area contributed by atoms with Gasteiger partial charge >= 0.3 is 23.9 Å². The van der Waals surface area contributed by atoms with Crippen LogP contribution in [0.3, 0.4) is 0 Å². The summed E-state index contributed by atoms with van der Waals surface area (Å²) in [5.74, 6) is -4.12. The highest BCUT2D eigenvalue weighted by Crippen LogP contribution is 2.26. The summed E-state index contributed by atoms with van der Waals surface area (Å²) in [5, 5.41) is 0. The van der Waals surface area contributed by atoms with Gasteiger partial charge in [0.2, 0.25) is 12.4 Å². The van der Waals surface area contributed by atoms with E-state index < -0.39 is 54.3 Å². The molecule has 0 saturated carbocycles. The summed E-state index contributed by atoms with van der Waals surface area (Å²) in [6.45, 7) is 3.00. The second-order valence-electron chi connectivity index (χ2n) is 5.88. The Morgan fingerprint density at radius 1 is 0.893 bits per heavy atom. The van der Waals surface area contributed by atoms with Crippen molar-refractivity contribution in [3.05, 3.63) is 35.6 Å². The van der Waals surface area contributed by atoms with E-state index in [1.807, 2.05) is 0 Å². The Balaban J connectivity index is 2.27. The molecule has 1 aromatic carbocycles. The Bertz CT molecular complexity index is 763. The molecule has 0 radical (unpaired) electrons. The minimum atomic E-state index is -1.52. The third kappa shape index (κ3) is 5.49. The summed E-state index contributed by atoms with van der Waals surface area (Å²) < 4.78 is 39.5. The number of rotatable bonds is 5. The molecule has 10 heteroatoms. The second kappa shape index (κ2) is 9.27. The summed E-state index contributed by atoms with van der Waals surface area (Å²) in [5.41, 5.74) is -0.362. The minimum Gasteiger partial charge on any atom is -0.456 e. The van der Waals surface area contributed by atoms with Crippen LogP contribution >= 0.6 is 0 Å². The SMILES string of the molecule is CC(=O)O[C@@H]1[C@@H](OC(C)=O)[C@H](OC(=O)c2ccccc2F)OC[C@H]1OC(C)=O. The molecule has 152 valence electrons. The van der Waals surface area contributed by atoms with Crippen LogP contribution in [-0.4, -0.2) is 55.1 Å². The summed E-state index contributed by atoms with van der Waals surface area (Å²) in [6, 6.07) is 5.10. The molecule has 0 spiro atoms. The van der Waals surface area contributed by atoms with Crippen LogP contribution < -0.4 is 0 Å². The van der Waals surface area contributed by atoms with Gasteiger partial charge in [0.25, 0.3) is 0 Å². The van der Waals surface area contributed by atoms with Crippen molar-refractivity contribution in [2.45, 2.75) is 45.4 Å². The lowest BCUT2D eigenvalue weighted by Crippen LogP contribution is -2.58. The highest BCUT2D eigenvalue weighted by Gasteiger charge is 2.48. The third-order valence-electron chi connectivity index (χ3n) is 3.62. The molecule has 2 rings (SSSR count). The molecule has 4 atom stereocenters. The van der Waals surface area contributed by atoms with E-state index in [1.54, 1.807) is 0 Å². The van der Waals surface area contributed by atoms with Crippen molar-refractivity contribution in [1.29, 1.82) is 0 Å². The predicted octanol–water partition coefficient (Wildman–Crippen LogP) is 1.13. The van der Waals surface area contributed by atoms with Gasteiger partial charge in [-0.05, 0) is 12.1 Å². The molecule has 1 aliphatic rings. The van der Waals surface area contributed by atoms with Crippen LogP contribution in [0.1, 0.15) is 31.1 Å². The molecule has 9 nitrogen and oxygen atoms in total. The van der Waals surface area contributed by atoms with Crippen molar-refractivity contribution in [2.75, 3.05) is 6.61 Å². The highest BCUT2D eigenvalue weighted by molar-refractivity contribution is 5.89. The minimum absolute atomic E-state index is 0.315. The van der Waals surface area contributed by atoms with Crippen molar-refractivity contribution < 1.29 is 47.3 Å². The third-order valence-corrected chi connectivity index (χ3v) is 3.62. The highest BCUT2D eigenvalue weighted by atomic mass is 19.1. The van der Waals surface area contributed by atoms with Gasteiger partial charge in [-0.1, -0.05) is 12.1 Å². The summed E-state index contributed by atoms with van der Waals surface area (Å²) in [6.07, 6.45) is -5.35. The fraction of sp³-hybridized carbons (Fsp3) is 0.444. The molecule has 0 bridgehead atoms. The number of carbonyl (C=O) groups excluding carboxylic acids is 4. The number of carbonyl (C=O) groups is 4. The maximum Gasteiger partial charge on any atom is 0.343 e. The van der Waals surface area contributed by atoms with E-state index >= 15 is 0 Å². The topological polar surface area (TPSA) is 114 Å². The molecular weight excluding hydrogens is 379 g/mol. The van der Waals surface area contributed by atoms with Gasteiger partial charge in [0, 0.05) is 20.8 Å². The number of benzene rings is 1. The Kier molecular flexibility index (Phi) is 7.05. The largest absolute Gasteiger partial charge is 0.456 e. The summed E-state index contributed by atoms with van der Waals surface area (Å²) >= 11 is 0. The van der Waals surface area contributed by atoms with Crippen LogP contribution in [0, 0.1) is 5.82 Å². The van der Waals surface area contributed by atoms with E-state index in [0.29, 0.717) is 0 Å². The van der Waals surface area contributed by atoms with E-state index in [2.05, 4.69) is 0 Å². The summed E-state index contributed by atoms with van der Waals surface area (Å²) in [7, 11) is 0. The van der Waals surface area contributed by atoms with E-state index in [-0.39, 0.29) is 12.2 Å². The maximum atomic E-state index is 13.8. The molecule has 0 aromatic heterocycles. The Morgan fingerprint density at radius 3 is 2.04 bits per heavy atom. The first-order chi connectivity index (χ1) is 13.2. The Hall–Kier alpha value is -3.01. The number of hydrogen-bond donors (Lipinski definition) is 0. The van der Waals surface area contributed by atoms with Gasteiger partial charge in [-0.2, -0.15) is 0 Å². The van der Waals surface area contributed by atoms with Crippen LogP contribution in [0.25, 0.3) is 0 Å². The number of halogens is 1. The van der Waals surface area contributed by atoms with Gasteiger partial charge in [0.05, 0.1) is 12.2 Å². The van der Waals surface area contributed by atoms with Crippen molar-refractivity contribution >= 4 is 23.9 Å². The van der Waals surface area contributed by atoms with Crippen LogP contribution in [0.4, 0.5) is 4.39 Å². The molecule has 1 aliphatic heterocycles. The molecule has 1 aromatic rings. The van der Waals surface area contributed by atoms with Gasteiger partial charge < -0.3 is 23.7 Å². The lowest BCUT2D eigenvalue weighted by molar-refractivity contribution is -0.266. The molecule has 0 amide bonds. The predicted molar refractivity (Wildman–Crippen MR) is 88.2 cm³/mol. The smallest absolute Gasteiger partial charge is 0.343 e. The molecule has 1 fully saturated rings. The standard InChI is InChI=1S/C18H19FO9/c1-9(20)25-14-8-24-18(16(27-11(3)22)15(14)26-10(2)21)28-17(23)12-6-4-5-7-13(12)19/h4-7,14-16,18H,8H2,1-3H3/t14-,15+,16-,18+/m1/s1. The van der Waals surface area contributed by atoms with Gasteiger partial charge in [-0.3, -0.25) is 14.4 Å². The zero-order valence-electron chi connectivity index (χ0n) is 15.4. The average molecular weight is 398 g/mol. The lowest BCUT2D eigenvalue weighted by atomic mass is 10.0. The molecule has 0 aliphatic carbocycles. The zero-order valence-corrected chi connectivity index (χ0v) is 15.4. The molecule has 28 heavy (non-hydrogen) atoms. The Morgan fingerprint density at radius 2 is 1.46 bits per heavy atom. The number of ether oxygens (including phenoxy) is 5. The molecule has 1 heterocycles. The van der Waals surface area contributed by atoms with Gasteiger partial charge in [0.15, 0.2) is 12.2 Å². The number of hydrogen-bond acceptors (Lipinski definition) is 9. The van der Waals surface area contributed by atoms with Crippen LogP contribution in [0.15, 0.2) is 24.3 Å². The van der Waals surface area contributed by atoms with E-state index in [9.17, 15) is 23.6 Å². The van der Waals surface area contributed by atoms with Gasteiger partial charge in [0.1, 0.15) is 5.82 Å². The second-order valence-corrected chi connectivity index (χ2v) is 5.88. The van der Waals surface area contributed by atoms with Crippen LogP contribution in [-0.2, 0) is 38.1 Å². The first-order valence-electron chi connectivity index (χ1n) is 8.27. The van der Waals surface area contributed by atoms with Gasteiger partial charge in [-0.25, -0.2) is 9.18 Å². The maximum absolute atomic E-state index is 13.8. The fourth-order valence-corrected chi connectivity index (χ4v) is 2.61. The van der Waals surface area contributed by atoms with Gasteiger partial charge in [-0.15, -0.1) is 0 Å². The monoisotopic (exact) mass is 398 g/mol. The van der Waals surface area contributed by atoms with E-state index in [4.69, 9.17) is 23.7 Å². The van der Waals surface area contributed by atoms with Crippen molar-refractivity contribution in [1.82, 2.24) is 0 Å². The van der Waals surface area contributed by atoms with Crippen molar-refractivity contribution in [3.63, 3.8) is 0 Å². The van der Waals surface area contributed by atoms with Crippen molar-refractivity contribution in [3.8, 4) is 0 Å².